The number of aryl methyl sites for hydroxylation is 2. The highest BCUT2D eigenvalue weighted by Gasteiger charge is 2.25. The van der Waals surface area contributed by atoms with Gasteiger partial charge in [0.05, 0.1) is 30.0 Å². The van der Waals surface area contributed by atoms with Gasteiger partial charge < -0.3 is 4.90 Å². The molecule has 1 aliphatic heterocycles. The van der Waals surface area contributed by atoms with Crippen LogP contribution < -0.4 is 4.90 Å². The van der Waals surface area contributed by atoms with E-state index in [0.29, 0.717) is 23.8 Å². The molecular formula is C18H21N5O2S2. The minimum atomic E-state index is 0.000833. The molecule has 9 heteroatoms. The van der Waals surface area contributed by atoms with Gasteiger partial charge >= 0.3 is 0 Å². The van der Waals surface area contributed by atoms with E-state index >= 15 is 0 Å². The van der Waals surface area contributed by atoms with E-state index in [-0.39, 0.29) is 18.2 Å². The number of imidazole rings is 1. The predicted octanol–water partition coefficient (Wildman–Crippen LogP) is 2.80. The average Bonchev–Trinajstić information content (AvgIpc) is 3.36. The molecule has 4 rings (SSSR count). The van der Waals surface area contributed by atoms with Crippen molar-refractivity contribution < 1.29 is 9.59 Å². The molecule has 0 radical (unpaired) electrons. The fourth-order valence-corrected chi connectivity index (χ4v) is 5.01. The molecule has 3 aromatic heterocycles. The van der Waals surface area contributed by atoms with Crippen molar-refractivity contribution in [3.63, 3.8) is 0 Å². The highest BCUT2D eigenvalue weighted by Crippen LogP contribution is 2.26. The van der Waals surface area contributed by atoms with Gasteiger partial charge in [0.2, 0.25) is 11.8 Å². The summed E-state index contributed by atoms with van der Waals surface area (Å²) in [6.45, 7) is 5.25. The Bertz CT molecular complexity index is 1020. The number of aromatic nitrogens is 3. The lowest BCUT2D eigenvalue weighted by Crippen LogP contribution is -2.28. The van der Waals surface area contributed by atoms with E-state index in [4.69, 9.17) is 0 Å². The van der Waals surface area contributed by atoms with Crippen LogP contribution in [-0.4, -0.2) is 44.7 Å². The van der Waals surface area contributed by atoms with Crippen molar-refractivity contribution >= 4 is 44.6 Å². The normalized spacial score (nSPS) is 14.5. The standard InChI is InChI=1S/C18H21N5O2S2/c1-11-8-23-14(12(2)19-18(23)27-11)9-21(3)16(25)7-13-10-26-17(20-13)22-6-4-5-15(22)24/h8,10H,4-7,9H2,1-3H3. The quantitative estimate of drug-likeness (QED) is 0.657. The van der Waals surface area contributed by atoms with E-state index in [0.717, 1.165) is 29.3 Å². The zero-order valence-corrected chi connectivity index (χ0v) is 17.2. The van der Waals surface area contributed by atoms with Crippen LogP contribution in [0.15, 0.2) is 11.6 Å². The second kappa shape index (κ2) is 7.05. The number of likely N-dealkylation sites (N-methyl/N-ethyl adjacent to an activating group) is 1. The fourth-order valence-electron chi connectivity index (χ4n) is 3.25. The van der Waals surface area contributed by atoms with E-state index in [2.05, 4.69) is 27.5 Å². The molecule has 0 N–H and O–H groups in total. The van der Waals surface area contributed by atoms with Crippen molar-refractivity contribution in [3.05, 3.63) is 33.5 Å². The molecule has 0 unspecified atom stereocenters. The lowest BCUT2D eigenvalue weighted by atomic mass is 10.2. The van der Waals surface area contributed by atoms with Crippen molar-refractivity contribution in [1.82, 2.24) is 19.3 Å². The van der Waals surface area contributed by atoms with Crippen LogP contribution in [0.1, 0.15) is 34.8 Å². The minimum Gasteiger partial charge on any atom is -0.340 e. The highest BCUT2D eigenvalue weighted by atomic mass is 32.1. The molecular weight excluding hydrogens is 382 g/mol. The zero-order valence-electron chi connectivity index (χ0n) is 15.6. The summed E-state index contributed by atoms with van der Waals surface area (Å²) in [5, 5.41) is 2.57. The van der Waals surface area contributed by atoms with E-state index in [9.17, 15) is 9.59 Å². The summed E-state index contributed by atoms with van der Waals surface area (Å²) in [4.78, 5) is 39.2. The summed E-state index contributed by atoms with van der Waals surface area (Å²) in [6, 6.07) is 0. The van der Waals surface area contributed by atoms with Crippen LogP contribution in [0, 0.1) is 13.8 Å². The SMILES string of the molecule is Cc1cn2c(CN(C)C(=O)Cc3csc(N4CCCC4=O)n3)c(C)nc2s1. The van der Waals surface area contributed by atoms with Gasteiger partial charge in [0, 0.05) is 36.5 Å². The van der Waals surface area contributed by atoms with Gasteiger partial charge in [-0.05, 0) is 20.3 Å². The molecule has 27 heavy (non-hydrogen) atoms. The summed E-state index contributed by atoms with van der Waals surface area (Å²) in [7, 11) is 1.80. The van der Waals surface area contributed by atoms with E-state index in [1.165, 1.54) is 16.2 Å². The number of fused-ring (bicyclic) bond motifs is 1. The van der Waals surface area contributed by atoms with Crippen LogP contribution in [-0.2, 0) is 22.6 Å². The number of amides is 2. The Kier molecular flexibility index (Phi) is 4.73. The lowest BCUT2D eigenvalue weighted by molar-refractivity contribution is -0.129. The third kappa shape index (κ3) is 3.49. The first-order chi connectivity index (χ1) is 12.9. The zero-order chi connectivity index (χ0) is 19.1. The maximum Gasteiger partial charge on any atom is 0.228 e. The molecule has 0 aliphatic carbocycles. The second-order valence-corrected chi connectivity index (χ2v) is 8.88. The monoisotopic (exact) mass is 403 g/mol. The summed E-state index contributed by atoms with van der Waals surface area (Å²) >= 11 is 3.07. The number of rotatable bonds is 5. The number of thiazole rings is 2. The topological polar surface area (TPSA) is 70.8 Å². The van der Waals surface area contributed by atoms with Crippen LogP contribution in [0.3, 0.4) is 0 Å². The van der Waals surface area contributed by atoms with Gasteiger partial charge in [-0.25, -0.2) is 9.97 Å². The Balaban J connectivity index is 1.44. The third-order valence-corrected chi connectivity index (χ3v) is 6.54. The van der Waals surface area contributed by atoms with Gasteiger partial charge in [0.1, 0.15) is 0 Å². The van der Waals surface area contributed by atoms with Gasteiger partial charge in [-0.15, -0.1) is 22.7 Å². The molecule has 7 nitrogen and oxygen atoms in total. The predicted molar refractivity (Wildman–Crippen MR) is 106 cm³/mol. The van der Waals surface area contributed by atoms with Gasteiger partial charge in [-0.3, -0.25) is 18.9 Å². The number of anilines is 1. The number of hydrogen-bond acceptors (Lipinski definition) is 6. The van der Waals surface area contributed by atoms with Crippen molar-refractivity contribution in [2.45, 2.75) is 39.7 Å². The van der Waals surface area contributed by atoms with Crippen molar-refractivity contribution in [3.8, 4) is 0 Å². The molecule has 1 fully saturated rings. The summed E-state index contributed by atoms with van der Waals surface area (Å²) < 4.78 is 2.07. The van der Waals surface area contributed by atoms with Gasteiger partial charge in [-0.1, -0.05) is 0 Å². The largest absolute Gasteiger partial charge is 0.340 e. The molecule has 0 atom stereocenters. The molecule has 0 aromatic carbocycles. The van der Waals surface area contributed by atoms with Gasteiger partial charge in [-0.2, -0.15) is 0 Å². The van der Waals surface area contributed by atoms with Crippen LogP contribution >= 0.6 is 22.7 Å². The second-order valence-electron chi connectivity index (χ2n) is 6.84. The number of hydrogen-bond donors (Lipinski definition) is 0. The first-order valence-corrected chi connectivity index (χ1v) is 10.5. The Morgan fingerprint density at radius 2 is 2.15 bits per heavy atom. The lowest BCUT2D eigenvalue weighted by Gasteiger charge is -2.17. The molecule has 4 heterocycles. The molecule has 1 aliphatic rings. The van der Waals surface area contributed by atoms with Gasteiger partial charge in [0.25, 0.3) is 0 Å². The first-order valence-electron chi connectivity index (χ1n) is 8.85. The molecule has 142 valence electrons. The maximum atomic E-state index is 12.7. The van der Waals surface area contributed by atoms with Crippen LogP contribution in [0.25, 0.3) is 4.96 Å². The number of nitrogens with zero attached hydrogens (tertiary/aromatic N) is 5. The molecule has 0 saturated carbocycles. The van der Waals surface area contributed by atoms with Crippen molar-refractivity contribution in [2.75, 3.05) is 18.5 Å². The first kappa shape index (κ1) is 18.1. The third-order valence-electron chi connectivity index (χ3n) is 4.73. The van der Waals surface area contributed by atoms with Crippen molar-refractivity contribution in [2.24, 2.45) is 0 Å². The number of carbonyl (C=O) groups excluding carboxylic acids is 2. The molecule has 0 spiro atoms. The molecule has 3 aromatic rings. The number of carbonyl (C=O) groups is 2. The Hall–Kier alpha value is -2.26. The molecule has 2 amide bonds. The van der Waals surface area contributed by atoms with E-state index in [1.807, 2.05) is 12.3 Å². The van der Waals surface area contributed by atoms with Crippen LogP contribution in [0.5, 0.6) is 0 Å². The smallest absolute Gasteiger partial charge is 0.228 e. The molecule has 1 saturated heterocycles. The highest BCUT2D eigenvalue weighted by molar-refractivity contribution is 7.17. The summed E-state index contributed by atoms with van der Waals surface area (Å²) in [6.07, 6.45) is 3.75. The average molecular weight is 404 g/mol. The maximum absolute atomic E-state index is 12.7. The fraction of sp³-hybridized carbons (Fsp3) is 0.444. The van der Waals surface area contributed by atoms with Crippen LogP contribution in [0.4, 0.5) is 5.13 Å². The Morgan fingerprint density at radius 1 is 1.33 bits per heavy atom. The molecule has 0 bridgehead atoms. The van der Waals surface area contributed by atoms with Gasteiger partial charge in [0.15, 0.2) is 10.1 Å². The minimum absolute atomic E-state index is 0.000833. The van der Waals surface area contributed by atoms with Crippen molar-refractivity contribution in [1.29, 1.82) is 0 Å². The van der Waals surface area contributed by atoms with Crippen LogP contribution in [0.2, 0.25) is 0 Å². The Morgan fingerprint density at radius 3 is 2.89 bits per heavy atom. The summed E-state index contributed by atoms with van der Waals surface area (Å²) in [5.41, 5.74) is 2.70. The Labute approximate surface area is 165 Å². The summed E-state index contributed by atoms with van der Waals surface area (Å²) in [5.74, 6) is 0.117. The van der Waals surface area contributed by atoms with E-state index < -0.39 is 0 Å². The van der Waals surface area contributed by atoms with E-state index in [1.54, 1.807) is 28.2 Å².